The largest absolute Gasteiger partial charge is 0.466 e. The molecule has 0 N–H and O–H groups in total. The normalized spacial score (nSPS) is 33.6. The molecule has 0 bridgehead atoms. The van der Waals surface area contributed by atoms with Crippen LogP contribution in [-0.2, 0) is 23.8 Å². The maximum Gasteiger partial charge on any atom is 0.350 e. The van der Waals surface area contributed by atoms with Crippen molar-refractivity contribution in [3.05, 3.63) is 12.2 Å². The van der Waals surface area contributed by atoms with E-state index in [9.17, 15) is 9.59 Å². The summed E-state index contributed by atoms with van der Waals surface area (Å²) in [6, 6.07) is 0. The highest BCUT2D eigenvalue weighted by Crippen LogP contribution is 2.34. The van der Waals surface area contributed by atoms with Crippen molar-refractivity contribution in [1.82, 2.24) is 0 Å². The van der Waals surface area contributed by atoms with Gasteiger partial charge in [0.2, 0.25) is 6.10 Å². The molecule has 1 saturated heterocycles. The molecule has 2 heterocycles. The molecule has 88 valence electrons. The molecule has 1 spiro atoms. The number of esters is 2. The van der Waals surface area contributed by atoms with Gasteiger partial charge >= 0.3 is 11.9 Å². The van der Waals surface area contributed by atoms with Crippen molar-refractivity contribution >= 4 is 11.9 Å². The molecule has 0 saturated carbocycles. The highest BCUT2D eigenvalue weighted by molar-refractivity contribution is 5.89. The summed E-state index contributed by atoms with van der Waals surface area (Å²) in [4.78, 5) is 22.7. The first-order chi connectivity index (χ1) is 7.68. The van der Waals surface area contributed by atoms with Crippen molar-refractivity contribution in [3.8, 4) is 0 Å². The van der Waals surface area contributed by atoms with Crippen LogP contribution in [0.4, 0.5) is 0 Å². The summed E-state index contributed by atoms with van der Waals surface area (Å²) in [5.74, 6) is -1.10. The SMILES string of the molecule is COC(=O)C1OC(=O)C=CC12CCCCO2. The molecular weight excluding hydrogens is 212 g/mol. The third-order valence-corrected chi connectivity index (χ3v) is 2.93. The van der Waals surface area contributed by atoms with E-state index >= 15 is 0 Å². The second kappa shape index (κ2) is 4.25. The van der Waals surface area contributed by atoms with Crippen molar-refractivity contribution in [1.29, 1.82) is 0 Å². The highest BCUT2D eigenvalue weighted by Gasteiger charge is 2.49. The zero-order valence-electron chi connectivity index (χ0n) is 9.10. The quantitative estimate of drug-likeness (QED) is 0.612. The van der Waals surface area contributed by atoms with Gasteiger partial charge in [0.1, 0.15) is 5.60 Å². The maximum atomic E-state index is 11.6. The number of methoxy groups -OCH3 is 1. The zero-order chi connectivity index (χ0) is 11.6. The number of rotatable bonds is 1. The number of hydrogen-bond donors (Lipinski definition) is 0. The third kappa shape index (κ3) is 1.82. The summed E-state index contributed by atoms with van der Waals surface area (Å²) in [5.41, 5.74) is -0.820. The third-order valence-electron chi connectivity index (χ3n) is 2.93. The zero-order valence-corrected chi connectivity index (χ0v) is 9.10. The van der Waals surface area contributed by atoms with E-state index in [0.29, 0.717) is 13.0 Å². The molecule has 5 heteroatoms. The summed E-state index contributed by atoms with van der Waals surface area (Å²) in [7, 11) is 1.27. The molecule has 0 aromatic rings. The fourth-order valence-corrected chi connectivity index (χ4v) is 2.08. The molecule has 0 aliphatic carbocycles. The average Bonchev–Trinajstić information content (AvgIpc) is 2.33. The molecule has 2 aliphatic heterocycles. The van der Waals surface area contributed by atoms with Crippen LogP contribution in [0.1, 0.15) is 19.3 Å². The van der Waals surface area contributed by atoms with Crippen LogP contribution >= 0.6 is 0 Å². The van der Waals surface area contributed by atoms with Crippen LogP contribution in [0.2, 0.25) is 0 Å². The average molecular weight is 226 g/mol. The van der Waals surface area contributed by atoms with E-state index in [-0.39, 0.29) is 0 Å². The molecule has 2 rings (SSSR count). The van der Waals surface area contributed by atoms with Crippen molar-refractivity contribution in [2.45, 2.75) is 31.0 Å². The fourth-order valence-electron chi connectivity index (χ4n) is 2.08. The number of hydrogen-bond acceptors (Lipinski definition) is 5. The predicted octanol–water partition coefficient (Wildman–Crippen LogP) is 0.580. The van der Waals surface area contributed by atoms with Gasteiger partial charge < -0.3 is 14.2 Å². The molecule has 16 heavy (non-hydrogen) atoms. The van der Waals surface area contributed by atoms with Gasteiger partial charge in [-0.2, -0.15) is 0 Å². The summed E-state index contributed by atoms with van der Waals surface area (Å²) in [5, 5.41) is 0. The predicted molar refractivity (Wildman–Crippen MR) is 53.6 cm³/mol. The van der Waals surface area contributed by atoms with Gasteiger partial charge in [0.25, 0.3) is 0 Å². The highest BCUT2D eigenvalue weighted by atomic mass is 16.6. The van der Waals surface area contributed by atoms with Crippen LogP contribution in [0.5, 0.6) is 0 Å². The van der Waals surface area contributed by atoms with Gasteiger partial charge in [-0.05, 0) is 25.3 Å². The van der Waals surface area contributed by atoms with E-state index in [4.69, 9.17) is 9.47 Å². The Balaban J connectivity index is 2.27. The first-order valence-electron chi connectivity index (χ1n) is 5.29. The fraction of sp³-hybridized carbons (Fsp3) is 0.636. The second-order valence-electron chi connectivity index (χ2n) is 3.93. The van der Waals surface area contributed by atoms with Gasteiger partial charge in [-0.15, -0.1) is 0 Å². The lowest BCUT2D eigenvalue weighted by molar-refractivity contribution is -0.191. The Morgan fingerprint density at radius 3 is 3.00 bits per heavy atom. The summed E-state index contributed by atoms with van der Waals surface area (Å²) < 4.78 is 15.3. The van der Waals surface area contributed by atoms with Gasteiger partial charge in [0.15, 0.2) is 0 Å². The van der Waals surface area contributed by atoms with Gasteiger partial charge in [0.05, 0.1) is 7.11 Å². The molecule has 1 fully saturated rings. The van der Waals surface area contributed by atoms with Crippen LogP contribution in [0.15, 0.2) is 12.2 Å². The summed E-state index contributed by atoms with van der Waals surface area (Å²) >= 11 is 0. The minimum absolute atomic E-state index is 0.532. The van der Waals surface area contributed by atoms with E-state index in [1.165, 1.54) is 13.2 Å². The Morgan fingerprint density at radius 1 is 1.56 bits per heavy atom. The van der Waals surface area contributed by atoms with Gasteiger partial charge in [0, 0.05) is 12.7 Å². The van der Waals surface area contributed by atoms with Gasteiger partial charge in [-0.1, -0.05) is 0 Å². The van der Waals surface area contributed by atoms with E-state index in [0.717, 1.165) is 12.8 Å². The lowest BCUT2D eigenvalue weighted by Crippen LogP contribution is -2.54. The monoisotopic (exact) mass is 226 g/mol. The van der Waals surface area contributed by atoms with E-state index in [2.05, 4.69) is 4.74 Å². The maximum absolute atomic E-state index is 11.6. The Bertz CT molecular complexity index is 327. The Kier molecular flexibility index (Phi) is 2.96. The first-order valence-corrected chi connectivity index (χ1v) is 5.29. The van der Waals surface area contributed by atoms with E-state index < -0.39 is 23.6 Å². The Hall–Kier alpha value is -1.36. The second-order valence-corrected chi connectivity index (χ2v) is 3.93. The minimum atomic E-state index is -0.977. The number of ether oxygens (including phenoxy) is 3. The van der Waals surface area contributed by atoms with Crippen LogP contribution in [0.25, 0.3) is 0 Å². The molecule has 0 aromatic heterocycles. The first kappa shape index (κ1) is 11.1. The lowest BCUT2D eigenvalue weighted by atomic mass is 9.86. The van der Waals surface area contributed by atoms with Crippen molar-refractivity contribution in [2.24, 2.45) is 0 Å². The molecule has 0 amide bonds. The standard InChI is InChI=1S/C11H14O5/c1-14-10(13)9-11(5-2-3-7-15-11)6-4-8(12)16-9/h4,6,9H,2-3,5,7H2,1H3. The molecule has 5 nitrogen and oxygen atoms in total. The number of cyclic esters (lactones) is 1. The Morgan fingerprint density at radius 2 is 2.38 bits per heavy atom. The molecule has 0 radical (unpaired) electrons. The van der Waals surface area contributed by atoms with Crippen molar-refractivity contribution < 1.29 is 23.8 Å². The molecule has 2 aliphatic rings. The molecular formula is C11H14O5. The molecule has 2 unspecified atom stereocenters. The van der Waals surface area contributed by atoms with E-state index in [1.807, 2.05) is 0 Å². The van der Waals surface area contributed by atoms with Crippen LogP contribution in [0, 0.1) is 0 Å². The van der Waals surface area contributed by atoms with Crippen LogP contribution < -0.4 is 0 Å². The van der Waals surface area contributed by atoms with Gasteiger partial charge in [-0.3, -0.25) is 0 Å². The Labute approximate surface area is 93.4 Å². The van der Waals surface area contributed by atoms with Crippen LogP contribution in [-0.4, -0.2) is 37.4 Å². The topological polar surface area (TPSA) is 61.8 Å². The molecule has 2 atom stereocenters. The minimum Gasteiger partial charge on any atom is -0.466 e. The summed E-state index contributed by atoms with van der Waals surface area (Å²) in [6.07, 6.45) is 4.52. The number of carbonyl (C=O) groups is 2. The lowest BCUT2D eigenvalue weighted by Gasteiger charge is -2.40. The smallest absolute Gasteiger partial charge is 0.350 e. The van der Waals surface area contributed by atoms with Crippen LogP contribution in [0.3, 0.4) is 0 Å². The summed E-state index contributed by atoms with van der Waals surface area (Å²) in [6.45, 7) is 0.565. The number of carbonyl (C=O) groups excluding carboxylic acids is 2. The van der Waals surface area contributed by atoms with E-state index in [1.54, 1.807) is 6.08 Å². The molecule has 0 aromatic carbocycles. The van der Waals surface area contributed by atoms with Crippen molar-refractivity contribution in [3.63, 3.8) is 0 Å². The van der Waals surface area contributed by atoms with Gasteiger partial charge in [-0.25, -0.2) is 9.59 Å². The van der Waals surface area contributed by atoms with Crippen molar-refractivity contribution in [2.75, 3.05) is 13.7 Å².